The van der Waals surface area contributed by atoms with Gasteiger partial charge in [0.2, 0.25) is 0 Å². The van der Waals surface area contributed by atoms with Crippen LogP contribution in [-0.2, 0) is 16.0 Å². The highest BCUT2D eigenvalue weighted by molar-refractivity contribution is 6.06. The Kier molecular flexibility index (Phi) is 5.39. The van der Waals surface area contributed by atoms with E-state index in [2.05, 4.69) is 22.2 Å². The first-order valence-electron chi connectivity index (χ1n) is 11.2. The highest BCUT2D eigenvalue weighted by Crippen LogP contribution is 2.48. The minimum atomic E-state index is -0.353. The van der Waals surface area contributed by atoms with E-state index in [1.807, 2.05) is 37.2 Å². The zero-order valence-corrected chi connectivity index (χ0v) is 18.9. The van der Waals surface area contributed by atoms with E-state index >= 15 is 0 Å². The lowest BCUT2D eigenvalue weighted by molar-refractivity contribution is -0.213. The van der Waals surface area contributed by atoms with Crippen LogP contribution in [-0.4, -0.2) is 61.5 Å². The quantitative estimate of drug-likeness (QED) is 0.672. The van der Waals surface area contributed by atoms with Gasteiger partial charge in [0.25, 0.3) is 5.91 Å². The maximum atomic E-state index is 13.1. The average Bonchev–Trinajstić information content (AvgIpc) is 3.72. The van der Waals surface area contributed by atoms with E-state index in [0.717, 1.165) is 30.2 Å². The van der Waals surface area contributed by atoms with Gasteiger partial charge in [-0.25, -0.2) is 4.68 Å². The summed E-state index contributed by atoms with van der Waals surface area (Å²) in [5, 5.41) is 8.20. The van der Waals surface area contributed by atoms with Crippen LogP contribution in [0.3, 0.4) is 0 Å². The van der Waals surface area contributed by atoms with E-state index in [1.54, 1.807) is 22.8 Å². The molecule has 32 heavy (non-hydrogen) atoms. The van der Waals surface area contributed by atoms with Crippen molar-refractivity contribution in [1.82, 2.24) is 15.0 Å². The molecule has 0 bridgehead atoms. The first kappa shape index (κ1) is 21.0. The molecule has 5 rings (SSSR count). The fourth-order valence-electron chi connectivity index (χ4n) is 3.78. The van der Waals surface area contributed by atoms with Crippen molar-refractivity contribution in [3.8, 4) is 11.8 Å². The van der Waals surface area contributed by atoms with E-state index in [4.69, 9.17) is 9.47 Å². The molecule has 2 heterocycles. The number of ether oxygens (including phenoxy) is 2. The summed E-state index contributed by atoms with van der Waals surface area (Å²) in [5.41, 5.74) is 3.21. The Balaban J connectivity index is 1.27. The van der Waals surface area contributed by atoms with Gasteiger partial charge in [0, 0.05) is 38.0 Å². The zero-order valence-electron chi connectivity index (χ0n) is 18.9. The summed E-state index contributed by atoms with van der Waals surface area (Å²) in [6.07, 6.45) is 6.05. The van der Waals surface area contributed by atoms with Gasteiger partial charge in [-0.1, -0.05) is 17.1 Å². The van der Waals surface area contributed by atoms with Gasteiger partial charge in [0.15, 0.2) is 12.0 Å². The van der Waals surface area contributed by atoms with Gasteiger partial charge >= 0.3 is 0 Å². The van der Waals surface area contributed by atoms with E-state index in [0.29, 0.717) is 12.5 Å². The van der Waals surface area contributed by atoms with Gasteiger partial charge in [-0.3, -0.25) is 4.79 Å². The molecule has 0 N–H and O–H groups in total. The second-order valence-electron chi connectivity index (χ2n) is 9.38. The van der Waals surface area contributed by atoms with Gasteiger partial charge in [-0.2, -0.15) is 0 Å². The number of anilines is 2. The molecule has 168 valence electrons. The van der Waals surface area contributed by atoms with Gasteiger partial charge in [-0.15, -0.1) is 5.10 Å². The lowest BCUT2D eigenvalue weighted by Crippen LogP contribution is -2.36. The van der Waals surface area contributed by atoms with Crippen LogP contribution in [0.4, 0.5) is 11.4 Å². The second-order valence-corrected chi connectivity index (χ2v) is 9.38. The van der Waals surface area contributed by atoms with E-state index in [9.17, 15) is 4.79 Å². The molecule has 3 aliphatic rings. The Morgan fingerprint density at radius 3 is 2.59 bits per heavy atom. The Hall–Kier alpha value is -2.89. The molecular weight excluding hydrogens is 406 g/mol. The molecule has 1 amide bonds. The number of benzene rings is 1. The molecule has 0 unspecified atom stereocenters. The van der Waals surface area contributed by atoms with Crippen molar-refractivity contribution >= 4 is 17.3 Å². The molecule has 0 radical (unpaired) electrons. The summed E-state index contributed by atoms with van der Waals surface area (Å²) in [7, 11) is 5.67. The van der Waals surface area contributed by atoms with Gasteiger partial charge in [0.1, 0.15) is 0 Å². The van der Waals surface area contributed by atoms with Crippen LogP contribution in [0.1, 0.15) is 41.7 Å². The number of aromatic nitrogens is 3. The molecule has 8 heteroatoms. The maximum absolute atomic E-state index is 13.1. The Bertz CT molecular complexity index is 1060. The molecule has 2 aromatic rings. The molecule has 0 atom stereocenters. The summed E-state index contributed by atoms with van der Waals surface area (Å²) in [6, 6.07) is 5.92. The highest BCUT2D eigenvalue weighted by atomic mass is 16.7. The monoisotopic (exact) mass is 435 g/mol. The highest BCUT2D eigenvalue weighted by Gasteiger charge is 2.47. The molecule has 1 aromatic carbocycles. The van der Waals surface area contributed by atoms with Crippen molar-refractivity contribution < 1.29 is 14.3 Å². The van der Waals surface area contributed by atoms with Crippen molar-refractivity contribution in [2.24, 2.45) is 11.3 Å². The lowest BCUT2D eigenvalue weighted by atomic mass is 10.1. The fourth-order valence-corrected chi connectivity index (χ4v) is 3.78. The maximum Gasteiger partial charge on any atom is 0.280 e. The van der Waals surface area contributed by atoms with Crippen LogP contribution in [0.15, 0.2) is 24.4 Å². The van der Waals surface area contributed by atoms with Crippen molar-refractivity contribution in [3.63, 3.8) is 0 Å². The zero-order chi connectivity index (χ0) is 22.3. The third-order valence-electron chi connectivity index (χ3n) is 6.32. The van der Waals surface area contributed by atoms with Crippen molar-refractivity contribution in [3.05, 3.63) is 35.7 Å². The predicted octanol–water partition coefficient (Wildman–Crippen LogP) is 2.54. The van der Waals surface area contributed by atoms with E-state index in [1.165, 1.54) is 25.7 Å². The molecule has 2 saturated carbocycles. The van der Waals surface area contributed by atoms with Crippen LogP contribution < -0.4 is 9.80 Å². The number of carbonyl (C=O) groups is 1. The topological polar surface area (TPSA) is 72.7 Å². The van der Waals surface area contributed by atoms with Gasteiger partial charge in [0.05, 0.1) is 37.3 Å². The van der Waals surface area contributed by atoms with Gasteiger partial charge in [-0.05, 0) is 43.9 Å². The first-order valence-corrected chi connectivity index (χ1v) is 11.2. The average molecular weight is 436 g/mol. The third kappa shape index (κ3) is 4.50. The minimum absolute atomic E-state index is 0.224. The molecule has 1 saturated heterocycles. The van der Waals surface area contributed by atoms with Crippen LogP contribution in [0, 0.1) is 23.2 Å². The van der Waals surface area contributed by atoms with Crippen molar-refractivity contribution in [2.75, 3.05) is 44.2 Å². The van der Waals surface area contributed by atoms with Crippen LogP contribution in [0.25, 0.3) is 0 Å². The molecule has 2 aliphatic carbocycles. The number of rotatable bonds is 5. The Morgan fingerprint density at radius 2 is 1.94 bits per heavy atom. The molecule has 1 aromatic heterocycles. The normalized spacial score (nSPS) is 19.3. The molecular formula is C24H29N5O3. The summed E-state index contributed by atoms with van der Waals surface area (Å²) in [5.74, 6) is 6.86. The summed E-state index contributed by atoms with van der Waals surface area (Å²) >= 11 is 0. The Morgan fingerprint density at radius 1 is 1.19 bits per heavy atom. The summed E-state index contributed by atoms with van der Waals surface area (Å²) < 4.78 is 13.2. The van der Waals surface area contributed by atoms with Crippen LogP contribution >= 0.6 is 0 Å². The molecule has 1 spiro atoms. The summed E-state index contributed by atoms with van der Waals surface area (Å²) in [6.45, 7) is 1.88. The lowest BCUT2D eigenvalue weighted by Gasteiger charge is -2.29. The molecule has 1 aliphatic heterocycles. The smallest absolute Gasteiger partial charge is 0.280 e. The standard InChI is InChI=1S/C24H29N5O3/c1-27(2)21-12-18(7-6-17-4-5-17)8-9-20(21)28(3)23(30)19-13-29(26-25-19)14-22-31-15-24(10-11-24)16-32-22/h8-9,12-13,17,22H,4-5,10-11,14-16H2,1-3H3. The second kappa shape index (κ2) is 8.23. The largest absolute Gasteiger partial charge is 0.376 e. The number of hydrogen-bond acceptors (Lipinski definition) is 6. The first-order chi connectivity index (χ1) is 15.4. The molecule has 8 nitrogen and oxygen atoms in total. The third-order valence-corrected chi connectivity index (χ3v) is 6.32. The Labute approximate surface area is 188 Å². The number of carbonyl (C=O) groups excluding carboxylic acids is 1. The number of nitrogens with zero attached hydrogens (tertiary/aromatic N) is 5. The number of hydrogen-bond donors (Lipinski definition) is 0. The summed E-state index contributed by atoms with van der Waals surface area (Å²) in [4.78, 5) is 16.7. The molecule has 3 fully saturated rings. The van der Waals surface area contributed by atoms with Gasteiger partial charge < -0.3 is 19.3 Å². The predicted molar refractivity (Wildman–Crippen MR) is 120 cm³/mol. The van der Waals surface area contributed by atoms with Crippen LogP contribution in [0.2, 0.25) is 0 Å². The fraction of sp³-hybridized carbons (Fsp3) is 0.542. The van der Waals surface area contributed by atoms with Crippen molar-refractivity contribution in [2.45, 2.75) is 38.5 Å². The minimum Gasteiger partial charge on any atom is -0.376 e. The van der Waals surface area contributed by atoms with E-state index < -0.39 is 0 Å². The van der Waals surface area contributed by atoms with Crippen molar-refractivity contribution in [1.29, 1.82) is 0 Å². The van der Waals surface area contributed by atoms with Crippen LogP contribution in [0.5, 0.6) is 0 Å². The van der Waals surface area contributed by atoms with E-state index in [-0.39, 0.29) is 23.3 Å². The number of amides is 1. The SMILES string of the molecule is CN(C)c1cc(C#CC2CC2)ccc1N(C)C(=O)c1cn(CC2OCC3(CC3)CO2)nn1.